The number of rotatable bonds is 8. The van der Waals surface area contributed by atoms with E-state index in [9.17, 15) is 5.11 Å². The lowest BCUT2D eigenvalue weighted by Gasteiger charge is -2.30. The number of nitrogens with one attached hydrogen (secondary N) is 1. The molecule has 0 aliphatic heterocycles. The molecule has 0 amide bonds. The van der Waals surface area contributed by atoms with Crippen molar-refractivity contribution in [2.24, 2.45) is 5.73 Å². The van der Waals surface area contributed by atoms with E-state index in [4.69, 9.17) is 10.5 Å². The van der Waals surface area contributed by atoms with Crippen molar-refractivity contribution in [3.8, 4) is 5.75 Å². The van der Waals surface area contributed by atoms with Crippen molar-refractivity contribution in [1.82, 2.24) is 5.32 Å². The van der Waals surface area contributed by atoms with Crippen molar-refractivity contribution in [3.63, 3.8) is 0 Å². The monoisotopic (exact) mass is 328 g/mol. The normalized spacial score (nSPS) is 14.2. The van der Waals surface area contributed by atoms with Gasteiger partial charge in [-0.15, -0.1) is 0 Å². The Labute approximate surface area is 144 Å². The van der Waals surface area contributed by atoms with Gasteiger partial charge in [-0.2, -0.15) is 0 Å². The maximum atomic E-state index is 10.4. The predicted octanol–water partition coefficient (Wildman–Crippen LogP) is 2.45. The number of aliphatic hydroxyl groups excluding tert-OH is 1. The molecule has 2 aromatic rings. The summed E-state index contributed by atoms with van der Waals surface area (Å²) < 4.78 is 5.28. The molecule has 0 saturated carbocycles. The first-order valence-corrected chi connectivity index (χ1v) is 8.29. The number of hydrogen-bond donors (Lipinski definition) is 3. The Bertz CT molecular complexity index is 629. The molecule has 4 N–H and O–H groups in total. The smallest absolute Gasteiger partial charge is 0.119 e. The topological polar surface area (TPSA) is 67.5 Å². The third-order valence-corrected chi connectivity index (χ3v) is 4.35. The van der Waals surface area contributed by atoms with Crippen LogP contribution in [0.1, 0.15) is 25.0 Å². The van der Waals surface area contributed by atoms with Crippen molar-refractivity contribution >= 4 is 0 Å². The third kappa shape index (κ3) is 5.06. The fourth-order valence-electron chi connectivity index (χ4n) is 2.65. The van der Waals surface area contributed by atoms with Crippen LogP contribution in [0.4, 0.5) is 0 Å². The predicted molar refractivity (Wildman–Crippen MR) is 98.2 cm³/mol. The van der Waals surface area contributed by atoms with Crippen LogP contribution in [0.5, 0.6) is 5.75 Å². The molecule has 2 aromatic carbocycles. The Morgan fingerprint density at radius 2 is 1.83 bits per heavy atom. The Morgan fingerprint density at radius 3 is 2.50 bits per heavy atom. The van der Waals surface area contributed by atoms with Gasteiger partial charge in [-0.1, -0.05) is 42.5 Å². The molecule has 0 unspecified atom stereocenters. The molecule has 0 aromatic heterocycles. The number of hydrogen-bond acceptors (Lipinski definition) is 4. The quantitative estimate of drug-likeness (QED) is 0.696. The van der Waals surface area contributed by atoms with Gasteiger partial charge in [-0.05, 0) is 43.5 Å². The summed E-state index contributed by atoms with van der Waals surface area (Å²) >= 11 is 0. The fourth-order valence-corrected chi connectivity index (χ4v) is 2.65. The third-order valence-electron chi connectivity index (χ3n) is 4.35. The van der Waals surface area contributed by atoms with E-state index in [1.807, 2.05) is 54.6 Å². The van der Waals surface area contributed by atoms with E-state index >= 15 is 0 Å². The first-order valence-electron chi connectivity index (χ1n) is 8.29. The largest absolute Gasteiger partial charge is 0.497 e. The Kier molecular flexibility index (Phi) is 6.37. The lowest BCUT2D eigenvalue weighted by atomic mass is 9.93. The Balaban J connectivity index is 1.92. The van der Waals surface area contributed by atoms with Gasteiger partial charge in [0.1, 0.15) is 5.75 Å². The highest BCUT2D eigenvalue weighted by Crippen LogP contribution is 2.24. The standard InChI is InChI=1S/C20H28N2O2/c1-20(2,16-10-7-11-17(13-16)24-3)22-14-19(23)18(21)12-15-8-5-4-6-9-15/h4-11,13,18-19,22-23H,12,14,21H2,1-3H3/t18-,19+/m0/s1. The molecular weight excluding hydrogens is 300 g/mol. The zero-order chi connectivity index (χ0) is 17.6. The summed E-state index contributed by atoms with van der Waals surface area (Å²) in [5.41, 5.74) is 8.10. The van der Waals surface area contributed by atoms with Crippen LogP contribution in [0.3, 0.4) is 0 Å². The van der Waals surface area contributed by atoms with Crippen LogP contribution in [0.2, 0.25) is 0 Å². The lowest BCUT2D eigenvalue weighted by Crippen LogP contribution is -2.48. The second-order valence-corrected chi connectivity index (χ2v) is 6.66. The van der Waals surface area contributed by atoms with Crippen LogP contribution in [-0.2, 0) is 12.0 Å². The summed E-state index contributed by atoms with van der Waals surface area (Å²) in [6.45, 7) is 4.59. The molecule has 130 valence electrons. The zero-order valence-corrected chi connectivity index (χ0v) is 14.7. The molecular formula is C20H28N2O2. The van der Waals surface area contributed by atoms with Crippen molar-refractivity contribution in [3.05, 3.63) is 65.7 Å². The molecule has 0 aliphatic carbocycles. The number of ether oxygens (including phenoxy) is 1. The second kappa shape index (κ2) is 8.29. The van der Waals surface area contributed by atoms with Gasteiger partial charge in [0.25, 0.3) is 0 Å². The first kappa shape index (κ1) is 18.5. The summed E-state index contributed by atoms with van der Waals surface area (Å²) in [6, 6.07) is 17.6. The minimum atomic E-state index is -0.616. The number of benzene rings is 2. The first-order chi connectivity index (χ1) is 11.4. The van der Waals surface area contributed by atoms with E-state index in [1.165, 1.54) is 0 Å². The van der Waals surface area contributed by atoms with E-state index < -0.39 is 6.10 Å². The highest BCUT2D eigenvalue weighted by molar-refractivity contribution is 5.32. The van der Waals surface area contributed by atoms with Crippen LogP contribution >= 0.6 is 0 Å². The Morgan fingerprint density at radius 1 is 1.12 bits per heavy atom. The highest BCUT2D eigenvalue weighted by atomic mass is 16.5. The summed E-state index contributed by atoms with van der Waals surface area (Å²) in [6.07, 6.45) is 0.0404. The van der Waals surface area contributed by atoms with E-state index in [0.717, 1.165) is 16.9 Å². The number of methoxy groups -OCH3 is 1. The summed E-state index contributed by atoms with van der Waals surface area (Å²) in [4.78, 5) is 0. The SMILES string of the molecule is COc1cccc(C(C)(C)NC[C@@H](O)[C@@H](N)Cc2ccccc2)c1. The van der Waals surface area contributed by atoms with Crippen molar-refractivity contribution in [1.29, 1.82) is 0 Å². The molecule has 0 saturated heterocycles. The van der Waals surface area contributed by atoms with Crippen LogP contribution in [0.15, 0.2) is 54.6 Å². The van der Waals surface area contributed by atoms with Gasteiger partial charge in [-0.25, -0.2) is 0 Å². The summed E-state index contributed by atoms with van der Waals surface area (Å²) in [5.74, 6) is 0.823. The van der Waals surface area contributed by atoms with Gasteiger partial charge in [0.15, 0.2) is 0 Å². The summed E-state index contributed by atoms with van der Waals surface area (Å²) in [7, 11) is 1.66. The molecule has 2 atom stereocenters. The highest BCUT2D eigenvalue weighted by Gasteiger charge is 2.23. The van der Waals surface area contributed by atoms with Gasteiger partial charge >= 0.3 is 0 Å². The maximum Gasteiger partial charge on any atom is 0.119 e. The maximum absolute atomic E-state index is 10.4. The van der Waals surface area contributed by atoms with Gasteiger partial charge < -0.3 is 20.9 Å². The molecule has 24 heavy (non-hydrogen) atoms. The van der Waals surface area contributed by atoms with Crippen LogP contribution < -0.4 is 15.8 Å². The molecule has 0 bridgehead atoms. The van der Waals surface area contributed by atoms with Crippen LogP contribution in [0.25, 0.3) is 0 Å². The minimum absolute atomic E-state index is 0.290. The minimum Gasteiger partial charge on any atom is -0.497 e. The average Bonchev–Trinajstić information content (AvgIpc) is 2.60. The molecule has 0 fully saturated rings. The lowest BCUT2D eigenvalue weighted by molar-refractivity contribution is 0.131. The van der Waals surface area contributed by atoms with Crippen molar-refractivity contribution in [2.45, 2.75) is 38.0 Å². The zero-order valence-electron chi connectivity index (χ0n) is 14.7. The van der Waals surface area contributed by atoms with Crippen molar-refractivity contribution in [2.75, 3.05) is 13.7 Å². The van der Waals surface area contributed by atoms with Gasteiger partial charge in [0, 0.05) is 18.1 Å². The van der Waals surface area contributed by atoms with Crippen LogP contribution in [0, 0.1) is 0 Å². The molecule has 4 heteroatoms. The van der Waals surface area contributed by atoms with E-state index in [0.29, 0.717) is 13.0 Å². The van der Waals surface area contributed by atoms with Gasteiger partial charge in [0.05, 0.1) is 13.2 Å². The molecule has 0 spiro atoms. The number of nitrogens with two attached hydrogens (primary N) is 1. The van der Waals surface area contributed by atoms with Gasteiger partial charge in [-0.3, -0.25) is 0 Å². The van der Waals surface area contributed by atoms with E-state index in [-0.39, 0.29) is 11.6 Å². The van der Waals surface area contributed by atoms with Gasteiger partial charge in [0.2, 0.25) is 0 Å². The fraction of sp³-hybridized carbons (Fsp3) is 0.400. The van der Waals surface area contributed by atoms with Crippen molar-refractivity contribution < 1.29 is 9.84 Å². The molecule has 4 nitrogen and oxygen atoms in total. The van der Waals surface area contributed by atoms with E-state index in [1.54, 1.807) is 7.11 Å². The molecule has 2 rings (SSSR count). The molecule has 0 aliphatic rings. The van der Waals surface area contributed by atoms with E-state index in [2.05, 4.69) is 19.2 Å². The molecule has 0 radical (unpaired) electrons. The average molecular weight is 328 g/mol. The van der Waals surface area contributed by atoms with Crippen LogP contribution in [-0.4, -0.2) is 30.9 Å². The summed E-state index contributed by atoms with van der Waals surface area (Å²) in [5, 5.41) is 13.8. The number of aliphatic hydroxyl groups is 1. The Hall–Kier alpha value is -1.88. The second-order valence-electron chi connectivity index (χ2n) is 6.66. The molecule has 0 heterocycles.